The fourth-order valence-electron chi connectivity index (χ4n) is 2.10. The van der Waals surface area contributed by atoms with Gasteiger partial charge in [0, 0.05) is 30.2 Å². The molecule has 8 nitrogen and oxygen atoms in total. The van der Waals surface area contributed by atoms with Gasteiger partial charge in [-0.2, -0.15) is 4.80 Å². The Morgan fingerprint density at radius 2 is 1.78 bits per heavy atom. The third-order valence-electron chi connectivity index (χ3n) is 3.48. The number of benzene rings is 1. The Balaban J connectivity index is 1.92. The maximum Gasteiger partial charge on any atom is 0.330 e. The van der Waals surface area contributed by atoms with Crippen LogP contribution in [-0.2, 0) is 20.6 Å². The summed E-state index contributed by atoms with van der Waals surface area (Å²) < 4.78 is 3.40. The maximum atomic E-state index is 11.9. The summed E-state index contributed by atoms with van der Waals surface area (Å²) in [5.74, 6) is 0.478. The van der Waals surface area contributed by atoms with E-state index in [1.54, 1.807) is 7.05 Å². The quantitative estimate of drug-likeness (QED) is 0.665. The molecule has 0 fully saturated rings. The fourth-order valence-corrected chi connectivity index (χ4v) is 2.36. The Labute approximate surface area is 139 Å². The molecule has 0 amide bonds. The highest BCUT2D eigenvalue weighted by atomic mass is 79.9. The first-order valence-electron chi connectivity index (χ1n) is 6.75. The smallest absolute Gasteiger partial charge is 0.299 e. The molecule has 0 aliphatic rings. The molecule has 118 valence electrons. The van der Waals surface area contributed by atoms with E-state index < -0.39 is 0 Å². The molecule has 0 spiro atoms. The van der Waals surface area contributed by atoms with Crippen LogP contribution in [0.15, 0.2) is 44.4 Å². The van der Waals surface area contributed by atoms with Gasteiger partial charge in [-0.3, -0.25) is 13.9 Å². The summed E-state index contributed by atoms with van der Waals surface area (Å²) in [5.41, 5.74) is 0.590. The minimum Gasteiger partial charge on any atom is -0.299 e. The van der Waals surface area contributed by atoms with Crippen molar-refractivity contribution in [3.05, 3.63) is 61.3 Å². The molecule has 3 aromatic rings. The molecule has 0 aliphatic carbocycles. The molecule has 1 aromatic carbocycles. The molecular formula is C14H13BrN6O2. The maximum absolute atomic E-state index is 11.9. The van der Waals surface area contributed by atoms with E-state index in [1.807, 2.05) is 24.3 Å². The van der Waals surface area contributed by atoms with Crippen LogP contribution in [0.4, 0.5) is 0 Å². The van der Waals surface area contributed by atoms with Crippen molar-refractivity contribution in [2.75, 3.05) is 0 Å². The van der Waals surface area contributed by atoms with Crippen LogP contribution in [-0.4, -0.2) is 29.3 Å². The van der Waals surface area contributed by atoms with Crippen LogP contribution in [0.25, 0.3) is 11.4 Å². The molecule has 9 heteroatoms. The van der Waals surface area contributed by atoms with E-state index in [0.717, 1.165) is 14.6 Å². The predicted octanol–water partition coefficient (Wildman–Crippen LogP) is 0.548. The molecule has 0 aliphatic heterocycles. The first-order valence-corrected chi connectivity index (χ1v) is 7.54. The van der Waals surface area contributed by atoms with Crippen molar-refractivity contribution < 1.29 is 0 Å². The molecule has 23 heavy (non-hydrogen) atoms. The van der Waals surface area contributed by atoms with Gasteiger partial charge in [0.1, 0.15) is 6.54 Å². The molecule has 0 radical (unpaired) electrons. The van der Waals surface area contributed by atoms with E-state index in [9.17, 15) is 9.59 Å². The van der Waals surface area contributed by atoms with E-state index in [1.165, 1.54) is 22.5 Å². The first kappa shape index (κ1) is 15.3. The van der Waals surface area contributed by atoms with Gasteiger partial charge in [-0.15, -0.1) is 10.2 Å². The monoisotopic (exact) mass is 376 g/mol. The van der Waals surface area contributed by atoms with Crippen molar-refractivity contribution in [1.29, 1.82) is 0 Å². The standard InChI is InChI=1S/C14H13BrN6O2/c1-19-11(7-12(22)20(2)14(19)23)8-21-17-13(16-18-21)9-3-5-10(15)6-4-9/h3-7H,8H2,1-2H3. The molecular weight excluding hydrogens is 364 g/mol. The number of hydrogen-bond acceptors (Lipinski definition) is 5. The van der Waals surface area contributed by atoms with Crippen LogP contribution in [0.1, 0.15) is 5.69 Å². The Kier molecular flexibility index (Phi) is 3.95. The van der Waals surface area contributed by atoms with Crippen molar-refractivity contribution in [1.82, 2.24) is 29.3 Å². The van der Waals surface area contributed by atoms with Crippen LogP contribution >= 0.6 is 15.9 Å². The number of rotatable bonds is 3. The van der Waals surface area contributed by atoms with Crippen molar-refractivity contribution in [2.45, 2.75) is 6.54 Å². The Morgan fingerprint density at radius 3 is 2.48 bits per heavy atom. The largest absolute Gasteiger partial charge is 0.330 e. The molecule has 0 atom stereocenters. The summed E-state index contributed by atoms with van der Waals surface area (Å²) in [5, 5.41) is 12.3. The van der Waals surface area contributed by atoms with Gasteiger partial charge in [0.15, 0.2) is 0 Å². The molecule has 0 saturated carbocycles. The summed E-state index contributed by atoms with van der Waals surface area (Å²) >= 11 is 3.37. The van der Waals surface area contributed by atoms with Crippen molar-refractivity contribution in [3.8, 4) is 11.4 Å². The number of tetrazole rings is 1. The topological polar surface area (TPSA) is 87.6 Å². The molecule has 2 heterocycles. The lowest BCUT2D eigenvalue weighted by Gasteiger charge is -2.07. The van der Waals surface area contributed by atoms with Crippen LogP contribution in [0, 0.1) is 0 Å². The minimum absolute atomic E-state index is 0.186. The molecule has 0 unspecified atom stereocenters. The SMILES string of the molecule is Cn1c(Cn2nnc(-c3ccc(Br)cc3)n2)cc(=O)n(C)c1=O. The number of aromatic nitrogens is 6. The van der Waals surface area contributed by atoms with Crippen molar-refractivity contribution >= 4 is 15.9 Å². The summed E-state index contributed by atoms with van der Waals surface area (Å²) in [6.07, 6.45) is 0. The normalized spacial score (nSPS) is 10.9. The van der Waals surface area contributed by atoms with Gasteiger partial charge in [0.05, 0.1) is 5.69 Å². The number of nitrogens with zero attached hydrogens (tertiary/aromatic N) is 6. The number of halogens is 1. The van der Waals surface area contributed by atoms with E-state index in [4.69, 9.17) is 0 Å². The third kappa shape index (κ3) is 3.00. The van der Waals surface area contributed by atoms with Crippen LogP contribution in [0.2, 0.25) is 0 Å². The zero-order valence-corrected chi connectivity index (χ0v) is 14.1. The fraction of sp³-hybridized carbons (Fsp3) is 0.214. The van der Waals surface area contributed by atoms with Crippen LogP contribution in [0.5, 0.6) is 0 Å². The summed E-state index contributed by atoms with van der Waals surface area (Å²) in [4.78, 5) is 25.0. The molecule has 0 N–H and O–H groups in total. The van der Waals surface area contributed by atoms with Crippen molar-refractivity contribution in [3.63, 3.8) is 0 Å². The van der Waals surface area contributed by atoms with Gasteiger partial charge in [-0.05, 0) is 29.5 Å². The van der Waals surface area contributed by atoms with Gasteiger partial charge in [-0.25, -0.2) is 4.79 Å². The summed E-state index contributed by atoms with van der Waals surface area (Å²) in [6.45, 7) is 0.186. The highest BCUT2D eigenvalue weighted by Crippen LogP contribution is 2.17. The molecule has 0 saturated heterocycles. The van der Waals surface area contributed by atoms with Gasteiger partial charge in [0.2, 0.25) is 5.82 Å². The Morgan fingerprint density at radius 1 is 1.09 bits per heavy atom. The summed E-state index contributed by atoms with van der Waals surface area (Å²) in [6, 6.07) is 8.92. The van der Waals surface area contributed by atoms with E-state index in [2.05, 4.69) is 31.3 Å². The van der Waals surface area contributed by atoms with Crippen LogP contribution < -0.4 is 11.2 Å². The lowest BCUT2D eigenvalue weighted by molar-refractivity contribution is 0.533. The zero-order valence-electron chi connectivity index (χ0n) is 12.5. The average molecular weight is 377 g/mol. The van der Waals surface area contributed by atoms with E-state index in [-0.39, 0.29) is 17.8 Å². The number of hydrogen-bond donors (Lipinski definition) is 0. The van der Waals surface area contributed by atoms with Crippen LogP contribution in [0.3, 0.4) is 0 Å². The second-order valence-electron chi connectivity index (χ2n) is 5.02. The summed E-state index contributed by atoms with van der Waals surface area (Å²) in [7, 11) is 3.04. The van der Waals surface area contributed by atoms with Gasteiger partial charge in [-0.1, -0.05) is 15.9 Å². The van der Waals surface area contributed by atoms with Gasteiger partial charge < -0.3 is 0 Å². The highest BCUT2D eigenvalue weighted by Gasteiger charge is 2.10. The van der Waals surface area contributed by atoms with Crippen molar-refractivity contribution in [2.24, 2.45) is 14.1 Å². The highest BCUT2D eigenvalue weighted by molar-refractivity contribution is 9.10. The molecule has 2 aromatic heterocycles. The van der Waals surface area contributed by atoms with Gasteiger partial charge in [0.25, 0.3) is 5.56 Å². The zero-order chi connectivity index (χ0) is 16.6. The lowest BCUT2D eigenvalue weighted by Crippen LogP contribution is -2.38. The predicted molar refractivity (Wildman–Crippen MR) is 87.0 cm³/mol. The molecule has 3 rings (SSSR count). The minimum atomic E-state index is -0.388. The molecule has 0 bridgehead atoms. The van der Waals surface area contributed by atoms with E-state index in [0.29, 0.717) is 11.5 Å². The second kappa shape index (κ2) is 5.92. The second-order valence-corrected chi connectivity index (χ2v) is 5.94. The first-order chi connectivity index (χ1) is 11.0. The average Bonchev–Trinajstić information content (AvgIpc) is 3.00. The Bertz CT molecular complexity index is 970. The Hall–Kier alpha value is -2.55. The van der Waals surface area contributed by atoms with E-state index >= 15 is 0 Å². The van der Waals surface area contributed by atoms with Gasteiger partial charge >= 0.3 is 5.69 Å². The lowest BCUT2D eigenvalue weighted by atomic mass is 10.2. The third-order valence-corrected chi connectivity index (χ3v) is 4.01.